The Bertz CT molecular complexity index is 1410. The predicted octanol–water partition coefficient (Wildman–Crippen LogP) is 5.67. The lowest BCUT2D eigenvalue weighted by Crippen LogP contribution is -2.12. The zero-order chi connectivity index (χ0) is 24.1. The van der Waals surface area contributed by atoms with Crippen molar-refractivity contribution < 1.29 is 17.9 Å². The summed E-state index contributed by atoms with van der Waals surface area (Å²) >= 11 is 1.54. The quantitative estimate of drug-likeness (QED) is 0.343. The number of fused-ring (bicyclic) bond motifs is 1. The number of benzene rings is 3. The van der Waals surface area contributed by atoms with Crippen LogP contribution in [0.1, 0.15) is 23.9 Å². The fourth-order valence-electron chi connectivity index (χ4n) is 3.39. The number of aromatic nitrogens is 1. The normalized spacial score (nSPS) is 12.0. The molecule has 4 aromatic rings. The van der Waals surface area contributed by atoms with E-state index in [-0.39, 0.29) is 23.0 Å². The molecule has 0 bridgehead atoms. The van der Waals surface area contributed by atoms with Crippen LogP contribution < -0.4 is 10.1 Å². The van der Waals surface area contributed by atoms with Crippen LogP contribution in [-0.2, 0) is 14.6 Å². The molecule has 8 heteroatoms. The molecule has 4 rings (SSSR count). The Labute approximate surface area is 202 Å². The van der Waals surface area contributed by atoms with Crippen LogP contribution in [0.25, 0.3) is 21.9 Å². The van der Waals surface area contributed by atoms with Gasteiger partial charge in [0, 0.05) is 5.69 Å². The standard InChI is InChI=1S/C26H24N2O4S2/c1-3-34(30,31)22-14-10-20(11-15-22)27-25(29)17-19(16-18-8-12-21(32-2)13-9-18)26-28-23-6-4-5-7-24(23)33-26/h4-16H,3,17H2,1-2H3,(H,27,29)/b19-16-. The molecule has 1 amide bonds. The lowest BCUT2D eigenvalue weighted by molar-refractivity contribution is -0.115. The molecule has 0 aliphatic rings. The number of anilines is 1. The van der Waals surface area contributed by atoms with E-state index in [1.54, 1.807) is 26.2 Å². The summed E-state index contributed by atoms with van der Waals surface area (Å²) in [5.41, 5.74) is 3.13. The van der Waals surface area contributed by atoms with Gasteiger partial charge in [-0.05, 0) is 65.7 Å². The SMILES string of the molecule is CCS(=O)(=O)c1ccc(NC(=O)C/C(=C/c2ccc(OC)cc2)c2nc3ccccc3s2)cc1. The lowest BCUT2D eigenvalue weighted by atomic mass is 10.1. The van der Waals surface area contributed by atoms with Crippen LogP contribution >= 0.6 is 11.3 Å². The van der Waals surface area contributed by atoms with Gasteiger partial charge in [-0.25, -0.2) is 13.4 Å². The van der Waals surface area contributed by atoms with Gasteiger partial charge in [-0.15, -0.1) is 11.3 Å². The van der Waals surface area contributed by atoms with Crippen molar-refractivity contribution >= 4 is 54.6 Å². The fourth-order valence-corrected chi connectivity index (χ4v) is 5.25. The number of nitrogens with zero attached hydrogens (tertiary/aromatic N) is 1. The summed E-state index contributed by atoms with van der Waals surface area (Å²) in [5, 5.41) is 3.63. The number of hydrogen-bond donors (Lipinski definition) is 1. The highest BCUT2D eigenvalue weighted by molar-refractivity contribution is 7.91. The van der Waals surface area contributed by atoms with Crippen molar-refractivity contribution in [2.24, 2.45) is 0 Å². The molecule has 6 nitrogen and oxygen atoms in total. The van der Waals surface area contributed by atoms with Crippen molar-refractivity contribution in [3.63, 3.8) is 0 Å². The van der Waals surface area contributed by atoms with Crippen LogP contribution in [0.4, 0.5) is 5.69 Å². The van der Waals surface area contributed by atoms with E-state index < -0.39 is 9.84 Å². The molecule has 1 heterocycles. The molecular weight excluding hydrogens is 468 g/mol. The maximum atomic E-state index is 12.9. The summed E-state index contributed by atoms with van der Waals surface area (Å²) in [6, 6.07) is 21.7. The minimum absolute atomic E-state index is 0.0282. The van der Waals surface area contributed by atoms with Gasteiger partial charge in [0.25, 0.3) is 0 Å². The first-order valence-corrected chi connectivity index (χ1v) is 13.2. The molecule has 0 atom stereocenters. The number of hydrogen-bond acceptors (Lipinski definition) is 6. The Morgan fingerprint density at radius 3 is 2.38 bits per heavy atom. The second-order valence-electron chi connectivity index (χ2n) is 7.58. The van der Waals surface area contributed by atoms with E-state index in [1.807, 2.05) is 54.6 Å². The Morgan fingerprint density at radius 1 is 1.03 bits per heavy atom. The van der Waals surface area contributed by atoms with E-state index in [0.29, 0.717) is 5.69 Å². The minimum Gasteiger partial charge on any atom is -0.497 e. The predicted molar refractivity (Wildman–Crippen MR) is 138 cm³/mol. The van der Waals surface area contributed by atoms with Crippen LogP contribution in [0.5, 0.6) is 5.75 Å². The first-order valence-electron chi connectivity index (χ1n) is 10.7. The molecule has 0 saturated carbocycles. The maximum absolute atomic E-state index is 12.9. The molecule has 0 aliphatic carbocycles. The molecule has 0 aliphatic heterocycles. The first kappa shape index (κ1) is 23.7. The van der Waals surface area contributed by atoms with E-state index in [9.17, 15) is 13.2 Å². The number of para-hydroxylation sites is 1. The number of methoxy groups -OCH3 is 1. The zero-order valence-electron chi connectivity index (χ0n) is 18.8. The molecule has 174 valence electrons. The number of thiazole rings is 1. The highest BCUT2D eigenvalue weighted by atomic mass is 32.2. The second-order valence-corrected chi connectivity index (χ2v) is 10.9. The highest BCUT2D eigenvalue weighted by Crippen LogP contribution is 2.31. The average Bonchev–Trinajstić information content (AvgIpc) is 3.29. The number of ether oxygens (including phenoxy) is 1. The molecule has 0 saturated heterocycles. The van der Waals surface area contributed by atoms with Crippen LogP contribution in [-0.4, -0.2) is 32.2 Å². The van der Waals surface area contributed by atoms with Crippen LogP contribution in [0.2, 0.25) is 0 Å². The first-order chi connectivity index (χ1) is 16.4. The van der Waals surface area contributed by atoms with Gasteiger partial charge in [-0.1, -0.05) is 31.2 Å². The van der Waals surface area contributed by atoms with Crippen molar-refractivity contribution in [1.82, 2.24) is 4.98 Å². The van der Waals surface area contributed by atoms with Gasteiger partial charge in [0.2, 0.25) is 5.91 Å². The fraction of sp³-hybridized carbons (Fsp3) is 0.154. The molecule has 3 aromatic carbocycles. The van der Waals surface area contributed by atoms with E-state index in [1.165, 1.54) is 23.5 Å². The number of amides is 1. The average molecular weight is 493 g/mol. The molecular formula is C26H24N2O4S2. The summed E-state index contributed by atoms with van der Waals surface area (Å²) in [5.74, 6) is 0.565. The maximum Gasteiger partial charge on any atom is 0.228 e. The Morgan fingerprint density at radius 2 is 1.74 bits per heavy atom. The van der Waals surface area contributed by atoms with E-state index in [0.717, 1.165) is 32.1 Å². The lowest BCUT2D eigenvalue weighted by Gasteiger charge is -2.09. The van der Waals surface area contributed by atoms with E-state index >= 15 is 0 Å². The third-order valence-corrected chi connectivity index (χ3v) is 8.12. The summed E-state index contributed by atoms with van der Waals surface area (Å²) in [4.78, 5) is 17.9. The molecule has 0 fully saturated rings. The van der Waals surface area contributed by atoms with Gasteiger partial charge >= 0.3 is 0 Å². The number of carbonyl (C=O) groups excluding carboxylic acids is 1. The summed E-state index contributed by atoms with van der Waals surface area (Å²) in [6.07, 6.45) is 2.06. The Kier molecular flexibility index (Phi) is 7.09. The van der Waals surface area contributed by atoms with Gasteiger partial charge in [-0.2, -0.15) is 0 Å². The number of carbonyl (C=O) groups is 1. The topological polar surface area (TPSA) is 85.4 Å². The number of sulfone groups is 1. The Balaban J connectivity index is 1.59. The van der Waals surface area contributed by atoms with Crippen LogP contribution in [0.3, 0.4) is 0 Å². The summed E-state index contributed by atoms with van der Waals surface area (Å²) < 4.78 is 30.3. The van der Waals surface area contributed by atoms with Crippen molar-refractivity contribution in [3.05, 3.63) is 83.4 Å². The molecule has 0 radical (unpaired) electrons. The molecule has 1 aromatic heterocycles. The van der Waals surface area contributed by atoms with E-state index in [2.05, 4.69) is 5.32 Å². The largest absolute Gasteiger partial charge is 0.497 e. The van der Waals surface area contributed by atoms with E-state index in [4.69, 9.17) is 9.72 Å². The van der Waals surface area contributed by atoms with Crippen LogP contribution in [0, 0.1) is 0 Å². The third kappa shape index (κ3) is 5.52. The van der Waals surface area contributed by atoms with Gasteiger partial charge in [0.05, 0.1) is 34.4 Å². The van der Waals surface area contributed by atoms with Crippen molar-refractivity contribution in [2.75, 3.05) is 18.2 Å². The number of nitrogens with one attached hydrogen (secondary N) is 1. The smallest absolute Gasteiger partial charge is 0.228 e. The minimum atomic E-state index is -3.29. The van der Waals surface area contributed by atoms with Gasteiger partial charge in [-0.3, -0.25) is 4.79 Å². The second kappa shape index (κ2) is 10.2. The van der Waals surface area contributed by atoms with Gasteiger partial charge in [0.15, 0.2) is 9.84 Å². The van der Waals surface area contributed by atoms with Crippen LogP contribution in [0.15, 0.2) is 77.7 Å². The van der Waals surface area contributed by atoms with Crippen molar-refractivity contribution in [1.29, 1.82) is 0 Å². The number of rotatable bonds is 8. The van der Waals surface area contributed by atoms with Gasteiger partial charge < -0.3 is 10.1 Å². The molecule has 0 spiro atoms. The molecule has 34 heavy (non-hydrogen) atoms. The van der Waals surface area contributed by atoms with Gasteiger partial charge in [0.1, 0.15) is 10.8 Å². The van der Waals surface area contributed by atoms with Crippen molar-refractivity contribution in [3.8, 4) is 5.75 Å². The molecule has 0 unspecified atom stereocenters. The van der Waals surface area contributed by atoms with Crippen molar-refractivity contribution in [2.45, 2.75) is 18.2 Å². The zero-order valence-corrected chi connectivity index (χ0v) is 20.4. The molecule has 1 N–H and O–H groups in total. The third-order valence-electron chi connectivity index (χ3n) is 5.25. The Hall–Kier alpha value is -3.49. The highest BCUT2D eigenvalue weighted by Gasteiger charge is 2.15. The summed E-state index contributed by atoms with van der Waals surface area (Å²) in [7, 11) is -1.67. The monoisotopic (exact) mass is 492 g/mol. The summed E-state index contributed by atoms with van der Waals surface area (Å²) in [6.45, 7) is 1.60.